The third-order valence-corrected chi connectivity index (χ3v) is 6.36. The molecule has 1 saturated heterocycles. The molecule has 1 heterocycles. The van der Waals surface area contributed by atoms with Gasteiger partial charge in [-0.3, -0.25) is 4.79 Å². The van der Waals surface area contributed by atoms with E-state index in [1.165, 1.54) is 36.1 Å². The van der Waals surface area contributed by atoms with Crippen molar-refractivity contribution < 1.29 is 9.53 Å². The van der Waals surface area contributed by atoms with Gasteiger partial charge in [-0.2, -0.15) is 0 Å². The van der Waals surface area contributed by atoms with Crippen LogP contribution < -0.4 is 15.0 Å². The van der Waals surface area contributed by atoms with Crippen LogP contribution in [0, 0.1) is 0 Å². The number of para-hydroxylation sites is 1. The highest BCUT2D eigenvalue weighted by molar-refractivity contribution is 5.86. The molecule has 2 aromatic carbocycles. The number of hydrogen-bond donors (Lipinski definition) is 1. The lowest BCUT2D eigenvalue weighted by molar-refractivity contribution is -0.123. The number of carbonyl (C=O) groups is 1. The summed E-state index contributed by atoms with van der Waals surface area (Å²) < 4.78 is 5.27. The van der Waals surface area contributed by atoms with Gasteiger partial charge in [-0.15, -0.1) is 0 Å². The smallest absolute Gasteiger partial charge is 0.242 e. The molecule has 2 fully saturated rings. The second-order valence-corrected chi connectivity index (χ2v) is 8.35. The van der Waals surface area contributed by atoms with E-state index in [9.17, 15) is 4.79 Å². The zero-order chi connectivity index (χ0) is 20.1. The van der Waals surface area contributed by atoms with Crippen LogP contribution in [0.15, 0.2) is 48.5 Å². The topological polar surface area (TPSA) is 41.6 Å². The summed E-state index contributed by atoms with van der Waals surface area (Å²) >= 11 is 0. The highest BCUT2D eigenvalue weighted by Crippen LogP contribution is 2.31. The minimum absolute atomic E-state index is 0.0473. The number of nitrogens with one attached hydrogen (secondary N) is 1. The molecular weight excluding hydrogens is 360 g/mol. The summed E-state index contributed by atoms with van der Waals surface area (Å²) in [6, 6.07) is 17.1. The molecule has 4 nitrogen and oxygen atoms in total. The molecule has 2 aliphatic rings. The van der Waals surface area contributed by atoms with E-state index in [0.29, 0.717) is 6.04 Å². The van der Waals surface area contributed by atoms with Gasteiger partial charge < -0.3 is 15.0 Å². The van der Waals surface area contributed by atoms with Gasteiger partial charge in [0.1, 0.15) is 11.8 Å². The van der Waals surface area contributed by atoms with Crippen molar-refractivity contribution in [1.82, 2.24) is 5.32 Å². The van der Waals surface area contributed by atoms with Gasteiger partial charge in [-0.1, -0.05) is 49.6 Å². The van der Waals surface area contributed by atoms with E-state index in [0.717, 1.165) is 44.4 Å². The second-order valence-electron chi connectivity index (χ2n) is 8.35. The SMILES string of the molecule is COc1ccc(Cc2ccccc2N2CCCC2C(=O)NC2CCCCC2)cc1. The molecule has 1 saturated carbocycles. The quantitative estimate of drug-likeness (QED) is 0.774. The van der Waals surface area contributed by atoms with Gasteiger partial charge in [0.2, 0.25) is 5.91 Å². The van der Waals surface area contributed by atoms with E-state index in [1.54, 1.807) is 7.11 Å². The Morgan fingerprint density at radius 3 is 2.52 bits per heavy atom. The zero-order valence-electron chi connectivity index (χ0n) is 17.4. The number of methoxy groups -OCH3 is 1. The van der Waals surface area contributed by atoms with Gasteiger partial charge >= 0.3 is 0 Å². The van der Waals surface area contributed by atoms with Crippen molar-refractivity contribution in [3.8, 4) is 5.75 Å². The summed E-state index contributed by atoms with van der Waals surface area (Å²) in [5.74, 6) is 1.09. The van der Waals surface area contributed by atoms with Gasteiger partial charge in [-0.05, 0) is 61.4 Å². The standard InChI is InChI=1S/C25H32N2O2/c1-29-22-15-13-19(14-16-22)18-20-8-5-6-11-23(20)27-17-7-12-24(27)25(28)26-21-9-3-2-4-10-21/h5-6,8,11,13-16,21,24H,2-4,7,9-10,12,17-18H2,1H3,(H,26,28). The monoisotopic (exact) mass is 392 g/mol. The second kappa shape index (κ2) is 9.34. The Labute approximate surface area is 174 Å². The maximum atomic E-state index is 13.1. The molecule has 1 aliphatic carbocycles. The summed E-state index contributed by atoms with van der Waals surface area (Å²) in [7, 11) is 1.69. The Hall–Kier alpha value is -2.49. The fourth-order valence-electron chi connectivity index (χ4n) is 4.78. The predicted molar refractivity (Wildman–Crippen MR) is 118 cm³/mol. The molecule has 4 heteroatoms. The van der Waals surface area contributed by atoms with Crippen molar-refractivity contribution in [2.24, 2.45) is 0 Å². The molecule has 0 radical (unpaired) electrons. The molecule has 1 amide bonds. The third kappa shape index (κ3) is 4.75. The maximum absolute atomic E-state index is 13.1. The lowest BCUT2D eigenvalue weighted by Gasteiger charge is -2.30. The third-order valence-electron chi connectivity index (χ3n) is 6.36. The molecule has 29 heavy (non-hydrogen) atoms. The Balaban J connectivity index is 1.49. The molecule has 0 bridgehead atoms. The van der Waals surface area contributed by atoms with Gasteiger partial charge in [0.25, 0.3) is 0 Å². The molecule has 1 aliphatic heterocycles. The van der Waals surface area contributed by atoms with Crippen LogP contribution in [-0.2, 0) is 11.2 Å². The fraction of sp³-hybridized carbons (Fsp3) is 0.480. The van der Waals surface area contributed by atoms with Crippen molar-refractivity contribution in [3.63, 3.8) is 0 Å². The minimum atomic E-state index is -0.0473. The summed E-state index contributed by atoms with van der Waals surface area (Å²) in [6.07, 6.45) is 8.91. The average molecular weight is 393 g/mol. The highest BCUT2D eigenvalue weighted by atomic mass is 16.5. The molecule has 1 N–H and O–H groups in total. The number of hydrogen-bond acceptors (Lipinski definition) is 3. The number of carbonyl (C=O) groups excluding carboxylic acids is 1. The molecule has 0 spiro atoms. The predicted octanol–water partition coefficient (Wildman–Crippen LogP) is 4.70. The fourth-order valence-corrected chi connectivity index (χ4v) is 4.78. The van der Waals surface area contributed by atoms with Crippen LogP contribution in [0.4, 0.5) is 5.69 Å². The van der Waals surface area contributed by atoms with Crippen LogP contribution in [-0.4, -0.2) is 31.6 Å². The largest absolute Gasteiger partial charge is 0.497 e. The van der Waals surface area contributed by atoms with Crippen molar-refractivity contribution in [2.75, 3.05) is 18.6 Å². The van der Waals surface area contributed by atoms with E-state index in [-0.39, 0.29) is 11.9 Å². The molecule has 2 aromatic rings. The molecule has 0 aromatic heterocycles. The molecule has 4 rings (SSSR count). The number of ether oxygens (including phenoxy) is 1. The lowest BCUT2D eigenvalue weighted by Crippen LogP contribution is -2.47. The van der Waals surface area contributed by atoms with Crippen molar-refractivity contribution in [3.05, 3.63) is 59.7 Å². The molecule has 1 atom stereocenters. The van der Waals surface area contributed by atoms with Gasteiger partial charge in [0.15, 0.2) is 0 Å². The van der Waals surface area contributed by atoms with Crippen LogP contribution >= 0.6 is 0 Å². The van der Waals surface area contributed by atoms with Crippen LogP contribution in [0.5, 0.6) is 5.75 Å². The number of nitrogens with zero attached hydrogens (tertiary/aromatic N) is 1. The van der Waals surface area contributed by atoms with Crippen LogP contribution in [0.25, 0.3) is 0 Å². The van der Waals surface area contributed by atoms with Crippen LogP contribution in [0.3, 0.4) is 0 Å². The van der Waals surface area contributed by atoms with Gasteiger partial charge in [0, 0.05) is 18.3 Å². The Kier molecular flexibility index (Phi) is 6.38. The molecule has 154 valence electrons. The first-order valence-electron chi connectivity index (χ1n) is 11.0. The Bertz CT molecular complexity index is 812. The summed E-state index contributed by atoms with van der Waals surface area (Å²) in [5, 5.41) is 3.35. The number of anilines is 1. The van der Waals surface area contributed by atoms with Crippen LogP contribution in [0.2, 0.25) is 0 Å². The van der Waals surface area contributed by atoms with E-state index < -0.39 is 0 Å². The summed E-state index contributed by atoms with van der Waals surface area (Å²) in [6.45, 7) is 0.947. The highest BCUT2D eigenvalue weighted by Gasteiger charge is 2.33. The van der Waals surface area contributed by atoms with Crippen LogP contribution in [0.1, 0.15) is 56.1 Å². The average Bonchev–Trinajstić information content (AvgIpc) is 3.25. The first-order valence-corrected chi connectivity index (χ1v) is 11.0. The molecular formula is C25H32N2O2. The first kappa shape index (κ1) is 19.8. The van der Waals surface area contributed by atoms with Crippen molar-refractivity contribution >= 4 is 11.6 Å². The van der Waals surface area contributed by atoms with Crippen molar-refractivity contribution in [1.29, 1.82) is 0 Å². The van der Waals surface area contributed by atoms with E-state index in [4.69, 9.17) is 4.74 Å². The number of rotatable bonds is 6. The van der Waals surface area contributed by atoms with E-state index in [2.05, 4.69) is 46.6 Å². The Morgan fingerprint density at radius 1 is 1.00 bits per heavy atom. The van der Waals surface area contributed by atoms with E-state index in [1.807, 2.05) is 12.1 Å². The maximum Gasteiger partial charge on any atom is 0.242 e. The number of benzene rings is 2. The van der Waals surface area contributed by atoms with Gasteiger partial charge in [0.05, 0.1) is 7.11 Å². The lowest BCUT2D eigenvalue weighted by atomic mass is 9.95. The Morgan fingerprint density at radius 2 is 1.76 bits per heavy atom. The first-order chi connectivity index (χ1) is 14.2. The number of amides is 1. The van der Waals surface area contributed by atoms with E-state index >= 15 is 0 Å². The zero-order valence-corrected chi connectivity index (χ0v) is 17.4. The van der Waals surface area contributed by atoms with Gasteiger partial charge in [-0.25, -0.2) is 0 Å². The molecule has 1 unspecified atom stereocenters. The summed E-state index contributed by atoms with van der Waals surface area (Å²) in [5.41, 5.74) is 3.72. The normalized spacial score (nSPS) is 19.9. The summed E-state index contributed by atoms with van der Waals surface area (Å²) in [4.78, 5) is 15.4. The minimum Gasteiger partial charge on any atom is -0.497 e. The van der Waals surface area contributed by atoms with Crippen molar-refractivity contribution in [2.45, 2.75) is 63.5 Å².